The average molecular weight is 305 g/mol. The van der Waals surface area contributed by atoms with Crippen LogP contribution in [0.5, 0.6) is 5.75 Å². The third kappa shape index (κ3) is 4.49. The molecule has 112 valence electrons. The molecule has 2 rings (SSSR count). The fourth-order valence-corrected chi connectivity index (χ4v) is 2.65. The van der Waals surface area contributed by atoms with Gasteiger partial charge >= 0.3 is 0 Å². The van der Waals surface area contributed by atoms with Gasteiger partial charge in [-0.15, -0.1) is 0 Å². The van der Waals surface area contributed by atoms with Crippen molar-refractivity contribution in [3.63, 3.8) is 0 Å². The quantitative estimate of drug-likeness (QED) is 0.658. The van der Waals surface area contributed by atoms with E-state index in [4.69, 9.17) is 10.5 Å². The first-order valence-corrected chi connectivity index (χ1v) is 8.62. The van der Waals surface area contributed by atoms with Crippen molar-refractivity contribution >= 4 is 15.5 Å². The maximum atomic E-state index is 11.4. The molecular weight excluding hydrogens is 286 g/mol. The predicted octanol–water partition coefficient (Wildman–Crippen LogP) is 2.68. The van der Waals surface area contributed by atoms with Gasteiger partial charge in [-0.3, -0.25) is 0 Å². The Labute approximate surface area is 125 Å². The molecule has 0 aromatic heterocycles. The minimum Gasteiger partial charge on any atom is -0.491 e. The van der Waals surface area contributed by atoms with Crippen molar-refractivity contribution in [2.45, 2.75) is 17.7 Å². The number of ether oxygens (including phenoxy) is 1. The van der Waals surface area contributed by atoms with Crippen LogP contribution in [0.3, 0.4) is 0 Å². The molecule has 0 aliphatic carbocycles. The molecule has 0 bridgehead atoms. The van der Waals surface area contributed by atoms with Gasteiger partial charge in [-0.25, -0.2) is 8.42 Å². The van der Waals surface area contributed by atoms with Crippen LogP contribution in [0.1, 0.15) is 12.0 Å². The lowest BCUT2D eigenvalue weighted by Gasteiger charge is -2.10. The summed E-state index contributed by atoms with van der Waals surface area (Å²) in [5.41, 5.74) is 7.43. The number of nitrogens with two attached hydrogens (primary N) is 1. The second-order valence-corrected chi connectivity index (χ2v) is 6.93. The summed E-state index contributed by atoms with van der Waals surface area (Å²) >= 11 is 0. The molecule has 0 radical (unpaired) electrons. The van der Waals surface area contributed by atoms with Gasteiger partial charge in [0.1, 0.15) is 5.75 Å². The number of hydrogen-bond donors (Lipinski definition) is 1. The van der Waals surface area contributed by atoms with E-state index >= 15 is 0 Å². The largest absolute Gasteiger partial charge is 0.491 e. The van der Waals surface area contributed by atoms with Gasteiger partial charge in [0.05, 0.1) is 17.2 Å². The number of nitrogen functional groups attached to an aromatic ring is 1. The molecule has 0 saturated heterocycles. The van der Waals surface area contributed by atoms with Crippen molar-refractivity contribution in [2.75, 3.05) is 18.6 Å². The third-order valence-corrected chi connectivity index (χ3v) is 4.23. The Morgan fingerprint density at radius 3 is 2.43 bits per heavy atom. The average Bonchev–Trinajstić information content (AvgIpc) is 2.45. The number of hydrogen-bond acceptors (Lipinski definition) is 4. The highest BCUT2D eigenvalue weighted by Crippen LogP contribution is 2.25. The van der Waals surface area contributed by atoms with Gasteiger partial charge in [0, 0.05) is 6.26 Å². The first kappa shape index (κ1) is 15.4. The first-order chi connectivity index (χ1) is 9.97. The molecule has 0 aliphatic heterocycles. The van der Waals surface area contributed by atoms with Gasteiger partial charge in [0.2, 0.25) is 0 Å². The van der Waals surface area contributed by atoms with Crippen LogP contribution < -0.4 is 10.5 Å². The van der Waals surface area contributed by atoms with Crippen molar-refractivity contribution < 1.29 is 13.2 Å². The van der Waals surface area contributed by atoms with E-state index in [-0.39, 0.29) is 4.90 Å². The number of aryl methyl sites for hydroxylation is 1. The topological polar surface area (TPSA) is 69.4 Å². The van der Waals surface area contributed by atoms with E-state index in [1.165, 1.54) is 17.7 Å². The predicted molar refractivity (Wildman–Crippen MR) is 84.2 cm³/mol. The van der Waals surface area contributed by atoms with Gasteiger partial charge < -0.3 is 10.5 Å². The van der Waals surface area contributed by atoms with Gasteiger partial charge in [-0.2, -0.15) is 0 Å². The molecule has 2 aromatic rings. The van der Waals surface area contributed by atoms with Gasteiger partial charge in [0.15, 0.2) is 9.84 Å². The van der Waals surface area contributed by atoms with Crippen molar-refractivity contribution in [3.05, 3.63) is 54.1 Å². The minimum absolute atomic E-state index is 0.205. The maximum Gasteiger partial charge on any atom is 0.175 e. The summed E-state index contributed by atoms with van der Waals surface area (Å²) in [5, 5.41) is 0. The summed E-state index contributed by atoms with van der Waals surface area (Å²) in [4.78, 5) is 0.205. The summed E-state index contributed by atoms with van der Waals surface area (Å²) in [6, 6.07) is 14.7. The lowest BCUT2D eigenvalue weighted by atomic mass is 10.1. The van der Waals surface area contributed by atoms with Crippen LogP contribution in [0, 0.1) is 0 Å². The molecule has 0 fully saturated rings. The number of sulfone groups is 1. The van der Waals surface area contributed by atoms with Crippen LogP contribution in [-0.2, 0) is 16.3 Å². The van der Waals surface area contributed by atoms with Gasteiger partial charge in [-0.1, -0.05) is 30.3 Å². The zero-order chi connectivity index (χ0) is 15.3. The zero-order valence-corrected chi connectivity index (χ0v) is 12.8. The Morgan fingerprint density at radius 2 is 1.81 bits per heavy atom. The molecule has 0 amide bonds. The fraction of sp³-hybridized carbons (Fsp3) is 0.250. The smallest absolute Gasteiger partial charge is 0.175 e. The van der Waals surface area contributed by atoms with Gasteiger partial charge in [0.25, 0.3) is 0 Å². The summed E-state index contributed by atoms with van der Waals surface area (Å²) in [6.07, 6.45) is 2.96. The van der Waals surface area contributed by atoms with Gasteiger partial charge in [-0.05, 0) is 36.6 Å². The standard InChI is InChI=1S/C16H19NO3S/c1-21(18,19)14-9-10-16(15(17)12-14)20-11-5-8-13-6-3-2-4-7-13/h2-4,6-7,9-10,12H,5,8,11,17H2,1H3. The molecule has 0 atom stereocenters. The lowest BCUT2D eigenvalue weighted by Crippen LogP contribution is -2.04. The summed E-state index contributed by atoms with van der Waals surface area (Å²) < 4.78 is 28.4. The molecule has 2 aromatic carbocycles. The third-order valence-electron chi connectivity index (χ3n) is 3.12. The summed E-state index contributed by atoms with van der Waals surface area (Å²) in [7, 11) is -3.24. The van der Waals surface area contributed by atoms with Crippen LogP contribution in [0.25, 0.3) is 0 Å². The van der Waals surface area contributed by atoms with Crippen molar-refractivity contribution in [3.8, 4) is 5.75 Å². The van der Waals surface area contributed by atoms with Crippen molar-refractivity contribution in [1.82, 2.24) is 0 Å². The van der Waals surface area contributed by atoms with Crippen LogP contribution in [-0.4, -0.2) is 21.3 Å². The Kier molecular flexibility index (Phi) is 4.85. The minimum atomic E-state index is -3.24. The Balaban J connectivity index is 1.89. The molecule has 21 heavy (non-hydrogen) atoms. The van der Waals surface area contributed by atoms with E-state index in [1.54, 1.807) is 6.07 Å². The van der Waals surface area contributed by atoms with E-state index in [0.717, 1.165) is 19.1 Å². The van der Waals surface area contributed by atoms with E-state index in [0.29, 0.717) is 18.0 Å². The molecule has 0 spiro atoms. The van der Waals surface area contributed by atoms with Crippen LogP contribution >= 0.6 is 0 Å². The first-order valence-electron chi connectivity index (χ1n) is 6.73. The Bertz CT molecular complexity index is 697. The summed E-state index contributed by atoms with van der Waals surface area (Å²) in [5.74, 6) is 0.524. The second kappa shape index (κ2) is 6.63. The highest BCUT2D eigenvalue weighted by molar-refractivity contribution is 7.90. The molecule has 0 saturated carbocycles. The maximum absolute atomic E-state index is 11.4. The molecule has 4 nitrogen and oxygen atoms in total. The van der Waals surface area contributed by atoms with E-state index in [9.17, 15) is 8.42 Å². The number of anilines is 1. The van der Waals surface area contributed by atoms with Crippen molar-refractivity contribution in [1.29, 1.82) is 0 Å². The highest BCUT2D eigenvalue weighted by atomic mass is 32.2. The van der Waals surface area contributed by atoms with Crippen LogP contribution in [0.15, 0.2) is 53.4 Å². The lowest BCUT2D eigenvalue weighted by molar-refractivity contribution is 0.312. The van der Waals surface area contributed by atoms with E-state index in [2.05, 4.69) is 12.1 Å². The van der Waals surface area contributed by atoms with Crippen LogP contribution in [0.4, 0.5) is 5.69 Å². The zero-order valence-electron chi connectivity index (χ0n) is 12.0. The summed E-state index contributed by atoms with van der Waals surface area (Å²) in [6.45, 7) is 0.539. The molecular formula is C16H19NO3S. The molecule has 0 heterocycles. The Hall–Kier alpha value is -2.01. The molecule has 0 aliphatic rings. The van der Waals surface area contributed by atoms with Crippen LogP contribution in [0.2, 0.25) is 0 Å². The molecule has 2 N–H and O–H groups in total. The van der Waals surface area contributed by atoms with E-state index in [1.807, 2.05) is 18.2 Å². The SMILES string of the molecule is CS(=O)(=O)c1ccc(OCCCc2ccccc2)c(N)c1. The molecule has 5 heteroatoms. The van der Waals surface area contributed by atoms with Crippen molar-refractivity contribution in [2.24, 2.45) is 0 Å². The molecule has 0 unspecified atom stereocenters. The Morgan fingerprint density at radius 1 is 1.10 bits per heavy atom. The fourth-order valence-electron chi connectivity index (χ4n) is 1.99. The van der Waals surface area contributed by atoms with E-state index < -0.39 is 9.84 Å². The number of benzene rings is 2. The monoisotopic (exact) mass is 305 g/mol. The number of rotatable bonds is 6. The second-order valence-electron chi connectivity index (χ2n) is 4.91. The normalized spacial score (nSPS) is 11.3. The highest BCUT2D eigenvalue weighted by Gasteiger charge is 2.10.